The van der Waals surface area contributed by atoms with E-state index in [9.17, 15) is 0 Å². The van der Waals surface area contributed by atoms with E-state index in [-0.39, 0.29) is 11.0 Å². The normalized spacial score (nSPS) is 27.8. The lowest BCUT2D eigenvalue weighted by atomic mass is 9.75. The lowest BCUT2D eigenvalue weighted by molar-refractivity contribution is 0.191. The summed E-state index contributed by atoms with van der Waals surface area (Å²) >= 11 is 1.85. The smallest absolute Gasteiger partial charge is 0.113 e. The van der Waals surface area contributed by atoms with Crippen LogP contribution in [0.2, 0.25) is 0 Å². The van der Waals surface area contributed by atoms with Crippen LogP contribution >= 0.6 is 11.3 Å². The molecule has 1 heterocycles. The van der Waals surface area contributed by atoms with Crippen LogP contribution in [0.1, 0.15) is 76.9 Å². The molecule has 0 radical (unpaired) electrons. The van der Waals surface area contributed by atoms with Gasteiger partial charge in [0.15, 0.2) is 0 Å². The number of rotatable bonds is 4. The lowest BCUT2D eigenvalue weighted by Gasteiger charge is -2.38. The minimum Gasteiger partial charge on any atom is -0.308 e. The second-order valence-electron chi connectivity index (χ2n) is 7.35. The van der Waals surface area contributed by atoms with Crippen LogP contribution in [0, 0.1) is 5.92 Å². The van der Waals surface area contributed by atoms with Gasteiger partial charge in [-0.15, -0.1) is 11.3 Å². The molecule has 0 bridgehead atoms. The van der Waals surface area contributed by atoms with E-state index in [0.29, 0.717) is 0 Å². The van der Waals surface area contributed by atoms with E-state index in [1.54, 1.807) is 0 Å². The van der Waals surface area contributed by atoms with Gasteiger partial charge in [-0.05, 0) is 38.6 Å². The summed E-state index contributed by atoms with van der Waals surface area (Å²) in [6.45, 7) is 9.04. The van der Waals surface area contributed by atoms with Gasteiger partial charge in [-0.3, -0.25) is 0 Å². The molecule has 1 N–H and O–H groups in total. The zero-order valence-electron chi connectivity index (χ0n) is 13.8. The van der Waals surface area contributed by atoms with Crippen molar-refractivity contribution in [1.29, 1.82) is 0 Å². The molecule has 1 aromatic heterocycles. The van der Waals surface area contributed by atoms with Crippen LogP contribution in [0.15, 0.2) is 5.38 Å². The molecule has 0 atom stereocenters. The van der Waals surface area contributed by atoms with E-state index < -0.39 is 0 Å². The molecule has 2 nitrogen and oxygen atoms in total. The highest BCUT2D eigenvalue weighted by molar-refractivity contribution is 7.09. The first-order chi connectivity index (χ1) is 9.41. The molecule has 0 unspecified atom stereocenters. The van der Waals surface area contributed by atoms with Gasteiger partial charge in [-0.2, -0.15) is 0 Å². The van der Waals surface area contributed by atoms with E-state index in [1.165, 1.54) is 49.2 Å². The Bertz CT molecular complexity index is 422. The molecule has 0 spiro atoms. The fraction of sp³-hybridized carbons (Fsp3) is 0.824. The number of aromatic nitrogens is 1. The van der Waals surface area contributed by atoms with Gasteiger partial charge < -0.3 is 5.32 Å². The molecule has 0 aromatic carbocycles. The fourth-order valence-electron chi connectivity index (χ4n) is 3.28. The van der Waals surface area contributed by atoms with Crippen LogP contribution < -0.4 is 5.32 Å². The standard InChI is InChI=1S/C17H30N2S/c1-6-7-13-8-10-17(18-5,11-9-13)15-19-14(12-20-15)16(2,3)4/h12-13,18H,6-11H2,1-5H3. The summed E-state index contributed by atoms with van der Waals surface area (Å²) in [5.74, 6) is 0.934. The first-order valence-corrected chi connectivity index (χ1v) is 8.94. The van der Waals surface area contributed by atoms with Gasteiger partial charge in [0.1, 0.15) is 5.01 Å². The SMILES string of the molecule is CCCC1CCC(NC)(c2nc(C(C)(C)C)cs2)CC1. The van der Waals surface area contributed by atoms with E-state index in [0.717, 1.165) is 5.92 Å². The van der Waals surface area contributed by atoms with Gasteiger partial charge in [0, 0.05) is 10.8 Å². The van der Waals surface area contributed by atoms with Gasteiger partial charge in [-0.25, -0.2) is 4.98 Å². The molecule has 0 amide bonds. The minimum atomic E-state index is 0.137. The summed E-state index contributed by atoms with van der Waals surface area (Å²) in [6.07, 6.45) is 7.89. The number of hydrogen-bond donors (Lipinski definition) is 1. The molecular weight excluding hydrogens is 264 g/mol. The zero-order valence-corrected chi connectivity index (χ0v) is 14.6. The Morgan fingerprint density at radius 3 is 2.45 bits per heavy atom. The highest BCUT2D eigenvalue weighted by atomic mass is 32.1. The Morgan fingerprint density at radius 1 is 1.35 bits per heavy atom. The van der Waals surface area contributed by atoms with Crippen LogP contribution in [0.5, 0.6) is 0 Å². The summed E-state index contributed by atoms with van der Waals surface area (Å²) in [5, 5.41) is 7.17. The summed E-state index contributed by atoms with van der Waals surface area (Å²) in [6, 6.07) is 0. The first-order valence-electron chi connectivity index (χ1n) is 8.06. The van der Waals surface area contributed by atoms with Gasteiger partial charge >= 0.3 is 0 Å². The second-order valence-corrected chi connectivity index (χ2v) is 8.21. The van der Waals surface area contributed by atoms with E-state index in [1.807, 2.05) is 11.3 Å². The summed E-state index contributed by atoms with van der Waals surface area (Å²) in [4.78, 5) is 4.98. The Kier molecular flexibility index (Phi) is 4.91. The van der Waals surface area contributed by atoms with Crippen molar-refractivity contribution in [3.8, 4) is 0 Å². The predicted molar refractivity (Wildman–Crippen MR) is 88.4 cm³/mol. The highest BCUT2D eigenvalue weighted by Gasteiger charge is 2.38. The molecule has 1 saturated carbocycles. The molecule has 1 aliphatic rings. The Labute approximate surface area is 128 Å². The van der Waals surface area contributed by atoms with E-state index >= 15 is 0 Å². The van der Waals surface area contributed by atoms with Crippen molar-refractivity contribution in [2.24, 2.45) is 5.92 Å². The van der Waals surface area contributed by atoms with Gasteiger partial charge in [0.25, 0.3) is 0 Å². The van der Waals surface area contributed by atoms with Crippen LogP contribution in [-0.2, 0) is 11.0 Å². The number of thiazole rings is 1. The van der Waals surface area contributed by atoms with Gasteiger partial charge in [-0.1, -0.05) is 40.5 Å². The Hall–Kier alpha value is -0.410. The zero-order chi connectivity index (χ0) is 14.8. The van der Waals surface area contributed by atoms with E-state index in [4.69, 9.17) is 4.98 Å². The largest absolute Gasteiger partial charge is 0.308 e. The molecule has 1 fully saturated rings. The topological polar surface area (TPSA) is 24.9 Å². The molecule has 3 heteroatoms. The van der Waals surface area contributed by atoms with Crippen molar-refractivity contribution < 1.29 is 0 Å². The summed E-state index contributed by atoms with van der Waals surface area (Å²) < 4.78 is 0. The van der Waals surface area contributed by atoms with Crippen LogP contribution in [0.25, 0.3) is 0 Å². The third-order valence-corrected chi connectivity index (χ3v) is 5.86. The average molecular weight is 295 g/mol. The highest BCUT2D eigenvalue weighted by Crippen LogP contribution is 2.42. The molecule has 0 aliphatic heterocycles. The minimum absolute atomic E-state index is 0.137. The van der Waals surface area contributed by atoms with E-state index in [2.05, 4.69) is 45.4 Å². The summed E-state index contributed by atoms with van der Waals surface area (Å²) in [5.41, 5.74) is 1.53. The van der Waals surface area contributed by atoms with Crippen molar-refractivity contribution >= 4 is 11.3 Å². The maximum absolute atomic E-state index is 4.98. The predicted octanol–water partition coefficient (Wildman–Crippen LogP) is 4.85. The number of hydrogen-bond acceptors (Lipinski definition) is 3. The Morgan fingerprint density at radius 2 is 2.00 bits per heavy atom. The van der Waals surface area contributed by atoms with Crippen molar-refractivity contribution in [1.82, 2.24) is 10.3 Å². The molecule has 1 aromatic rings. The maximum Gasteiger partial charge on any atom is 0.113 e. The monoisotopic (exact) mass is 294 g/mol. The number of nitrogens with one attached hydrogen (secondary N) is 1. The fourth-order valence-corrected chi connectivity index (χ4v) is 4.59. The maximum atomic E-state index is 4.98. The third-order valence-electron chi connectivity index (χ3n) is 4.82. The lowest BCUT2D eigenvalue weighted by Crippen LogP contribution is -2.43. The first kappa shape index (κ1) is 16.0. The number of nitrogens with zero attached hydrogens (tertiary/aromatic N) is 1. The van der Waals surface area contributed by atoms with Crippen molar-refractivity contribution in [2.75, 3.05) is 7.05 Å². The van der Waals surface area contributed by atoms with Crippen LogP contribution in [0.3, 0.4) is 0 Å². The van der Waals surface area contributed by atoms with Gasteiger partial charge in [0.05, 0.1) is 11.2 Å². The van der Waals surface area contributed by atoms with Crippen molar-refractivity contribution in [3.63, 3.8) is 0 Å². The molecule has 20 heavy (non-hydrogen) atoms. The molecule has 114 valence electrons. The summed E-state index contributed by atoms with van der Waals surface area (Å²) in [7, 11) is 2.11. The molecule has 1 aliphatic carbocycles. The quantitative estimate of drug-likeness (QED) is 0.859. The molecule has 0 saturated heterocycles. The molecular formula is C17H30N2S. The van der Waals surface area contributed by atoms with Crippen LogP contribution in [0.4, 0.5) is 0 Å². The molecule has 2 rings (SSSR count). The van der Waals surface area contributed by atoms with Crippen molar-refractivity contribution in [2.45, 2.75) is 77.2 Å². The van der Waals surface area contributed by atoms with Gasteiger partial charge in [0.2, 0.25) is 0 Å². The Balaban J connectivity index is 2.14. The average Bonchev–Trinajstić information content (AvgIpc) is 2.90. The van der Waals surface area contributed by atoms with Crippen molar-refractivity contribution in [3.05, 3.63) is 16.1 Å². The second kappa shape index (κ2) is 6.15. The van der Waals surface area contributed by atoms with Crippen LogP contribution in [-0.4, -0.2) is 12.0 Å². The third kappa shape index (κ3) is 3.25.